The summed E-state index contributed by atoms with van der Waals surface area (Å²) in [7, 11) is 0. The third-order valence-corrected chi connectivity index (χ3v) is 8.67. The molecule has 1 atom stereocenters. The molecule has 0 fully saturated rings. The zero-order valence-electron chi connectivity index (χ0n) is 25.3. The van der Waals surface area contributed by atoms with Crippen molar-refractivity contribution in [2.45, 2.75) is 57.4 Å². The van der Waals surface area contributed by atoms with Gasteiger partial charge < -0.3 is 19.8 Å². The smallest absolute Gasteiger partial charge is 0.303 e. The van der Waals surface area contributed by atoms with Crippen LogP contribution >= 0.6 is 0 Å². The lowest BCUT2D eigenvalue weighted by Gasteiger charge is -2.18. The number of nitrogens with one attached hydrogen (secondary N) is 2. The van der Waals surface area contributed by atoms with Gasteiger partial charge in [0, 0.05) is 59.2 Å². The first kappa shape index (κ1) is 30.3. The maximum absolute atomic E-state index is 15.9. The number of ether oxygens (including phenoxy) is 1. The number of H-pyrrole nitrogens is 2. The molecule has 6 bridgehead atoms. The quantitative estimate of drug-likeness (QED) is 0.182. The average Bonchev–Trinajstić information content (AvgIpc) is 3.82. The van der Waals surface area contributed by atoms with Gasteiger partial charge in [-0.05, 0) is 61.1 Å². The lowest BCUT2D eigenvalue weighted by Crippen LogP contribution is -2.08. The molecular weight excluding hydrogens is 609 g/mol. The number of carbonyl (C=O) groups is 1. The highest BCUT2D eigenvalue weighted by atomic mass is 19.1. The van der Waals surface area contributed by atoms with Crippen LogP contribution in [0.1, 0.15) is 66.1 Å². The first-order valence-corrected chi connectivity index (χ1v) is 15.5. The summed E-state index contributed by atoms with van der Waals surface area (Å²) in [5, 5.41) is 18.5. The van der Waals surface area contributed by atoms with Crippen molar-refractivity contribution in [3.05, 3.63) is 113 Å². The van der Waals surface area contributed by atoms with Gasteiger partial charge in [0.1, 0.15) is 23.2 Å². The maximum Gasteiger partial charge on any atom is 0.303 e. The van der Waals surface area contributed by atoms with Crippen molar-refractivity contribution >= 4 is 16.9 Å². The van der Waals surface area contributed by atoms with E-state index in [-0.39, 0.29) is 42.3 Å². The zero-order valence-corrected chi connectivity index (χ0v) is 25.3. The van der Waals surface area contributed by atoms with Gasteiger partial charge in [-0.3, -0.25) is 4.79 Å². The molecular formula is C35H31F3N6O3. The Morgan fingerprint density at radius 1 is 1.06 bits per heavy atom. The minimum atomic E-state index is -1.00. The van der Waals surface area contributed by atoms with Crippen LogP contribution in [0.2, 0.25) is 0 Å². The molecule has 7 rings (SSSR count). The molecule has 9 nitrogen and oxygen atoms in total. The van der Waals surface area contributed by atoms with Gasteiger partial charge >= 0.3 is 5.97 Å². The summed E-state index contributed by atoms with van der Waals surface area (Å²) in [6, 6.07) is 12.3. The highest BCUT2D eigenvalue weighted by Crippen LogP contribution is 2.38. The molecule has 0 spiro atoms. The van der Waals surface area contributed by atoms with E-state index in [1.54, 1.807) is 35.3 Å². The van der Waals surface area contributed by atoms with Crippen molar-refractivity contribution in [3.63, 3.8) is 0 Å². The van der Waals surface area contributed by atoms with Crippen LogP contribution in [0.15, 0.2) is 67.1 Å². The van der Waals surface area contributed by atoms with Crippen molar-refractivity contribution in [2.24, 2.45) is 0 Å². The predicted molar refractivity (Wildman–Crippen MR) is 168 cm³/mol. The number of hydrogen-bond acceptors (Lipinski definition) is 5. The SMILES string of the molecule is O=C(O)CCc1cccc(C2CCCCCc3cn(nn3)Cc3c(c(F)cc4[nH]ccc34)Oc3ccc(F)c(c3)-c3ncc2[nH]3)c1F. The summed E-state index contributed by atoms with van der Waals surface area (Å²) in [5.41, 5.74) is 3.38. The van der Waals surface area contributed by atoms with Crippen molar-refractivity contribution in [1.82, 2.24) is 29.9 Å². The highest BCUT2D eigenvalue weighted by Gasteiger charge is 2.24. The lowest BCUT2D eigenvalue weighted by molar-refractivity contribution is -0.136. The molecule has 0 saturated heterocycles. The summed E-state index contributed by atoms with van der Waals surface area (Å²) in [4.78, 5) is 21.9. The Balaban J connectivity index is 1.30. The molecule has 3 aromatic carbocycles. The Morgan fingerprint density at radius 3 is 2.83 bits per heavy atom. The fourth-order valence-corrected chi connectivity index (χ4v) is 6.31. The molecule has 4 heterocycles. The second-order valence-electron chi connectivity index (χ2n) is 11.8. The fraction of sp³-hybridized carbons (Fsp3) is 0.257. The predicted octanol–water partition coefficient (Wildman–Crippen LogP) is 7.67. The number of nitrogens with zero attached hydrogens (tertiary/aromatic N) is 4. The van der Waals surface area contributed by atoms with Gasteiger partial charge in [-0.2, -0.15) is 0 Å². The van der Waals surface area contributed by atoms with Crippen LogP contribution in [0, 0.1) is 17.5 Å². The number of aliphatic carboxylic acids is 1. The van der Waals surface area contributed by atoms with Gasteiger partial charge in [0.05, 0.1) is 17.8 Å². The van der Waals surface area contributed by atoms with E-state index in [0.717, 1.165) is 30.3 Å². The number of rotatable bonds is 4. The number of halogens is 3. The van der Waals surface area contributed by atoms with Crippen molar-refractivity contribution in [1.29, 1.82) is 0 Å². The van der Waals surface area contributed by atoms with E-state index in [4.69, 9.17) is 9.84 Å². The molecule has 6 aromatic rings. The van der Waals surface area contributed by atoms with Gasteiger partial charge in [0.2, 0.25) is 0 Å². The standard InChI is InChI=1S/C35H31F3N6O3/c36-28-11-10-22-15-26(28)35-40-17-31(41-35)23(25-8-4-5-20(33(25)38)9-12-32(45)46)7-3-1-2-6-21-18-44(43-42-21)19-27-24-13-14-39-30(24)16-29(37)34(27)47-22/h4-5,8,10-11,13-18,23,39H,1-3,6-7,9,12,19H2,(H,40,41)(H,45,46). The van der Waals surface area contributed by atoms with Crippen LogP contribution in [0.3, 0.4) is 0 Å². The van der Waals surface area contributed by atoms with Crippen LogP contribution in [0.5, 0.6) is 11.5 Å². The highest BCUT2D eigenvalue weighted by molar-refractivity contribution is 5.85. The number of hydrogen-bond donors (Lipinski definition) is 3. The summed E-state index contributed by atoms with van der Waals surface area (Å²) >= 11 is 0. The minimum absolute atomic E-state index is 0.0110. The number of fused-ring (bicyclic) bond motifs is 10. The van der Waals surface area contributed by atoms with Gasteiger partial charge in [-0.1, -0.05) is 36.3 Å². The molecule has 1 aliphatic heterocycles. The van der Waals surface area contributed by atoms with Crippen molar-refractivity contribution in [2.75, 3.05) is 0 Å². The fourth-order valence-electron chi connectivity index (χ4n) is 6.31. The molecule has 47 heavy (non-hydrogen) atoms. The lowest BCUT2D eigenvalue weighted by atomic mass is 9.88. The molecule has 1 aliphatic rings. The molecule has 0 aliphatic carbocycles. The Labute approximate surface area is 267 Å². The number of aromatic nitrogens is 6. The zero-order chi connectivity index (χ0) is 32.5. The van der Waals surface area contributed by atoms with Crippen LogP contribution < -0.4 is 4.74 Å². The number of imidazole rings is 1. The Hall–Kier alpha value is -5.39. The van der Waals surface area contributed by atoms with E-state index >= 15 is 13.2 Å². The first-order chi connectivity index (χ1) is 22.8. The monoisotopic (exact) mass is 640 g/mol. The Kier molecular flexibility index (Phi) is 8.23. The molecule has 0 saturated carbocycles. The van der Waals surface area contributed by atoms with Crippen LogP contribution in [-0.2, 0) is 24.2 Å². The third kappa shape index (κ3) is 6.23. The molecule has 3 N–H and O–H groups in total. The minimum Gasteiger partial charge on any atom is -0.481 e. The second kappa shape index (κ2) is 12.8. The summed E-state index contributed by atoms with van der Waals surface area (Å²) in [6.45, 7) is 0.197. The number of carboxylic acids is 1. The average molecular weight is 641 g/mol. The number of aromatic amines is 2. The van der Waals surface area contributed by atoms with Crippen LogP contribution in [0.25, 0.3) is 22.3 Å². The topological polar surface area (TPSA) is 122 Å². The molecule has 12 heteroatoms. The molecule has 0 amide bonds. The van der Waals surface area contributed by atoms with Gasteiger partial charge in [0.15, 0.2) is 11.6 Å². The van der Waals surface area contributed by atoms with E-state index < -0.39 is 29.3 Å². The first-order valence-electron chi connectivity index (χ1n) is 15.5. The van der Waals surface area contributed by atoms with Gasteiger partial charge in [0.25, 0.3) is 0 Å². The molecule has 1 unspecified atom stereocenters. The van der Waals surface area contributed by atoms with E-state index in [9.17, 15) is 4.79 Å². The van der Waals surface area contributed by atoms with Crippen LogP contribution in [0.4, 0.5) is 13.2 Å². The Bertz CT molecular complexity index is 2080. The van der Waals surface area contributed by atoms with Crippen molar-refractivity contribution in [3.8, 4) is 22.9 Å². The van der Waals surface area contributed by atoms with E-state index in [2.05, 4.69) is 25.3 Å². The summed E-state index contributed by atoms with van der Waals surface area (Å²) in [6.07, 6.45) is 8.65. The van der Waals surface area contributed by atoms with E-state index in [1.807, 2.05) is 12.3 Å². The number of aryl methyl sites for hydroxylation is 2. The van der Waals surface area contributed by atoms with E-state index in [1.165, 1.54) is 24.3 Å². The maximum atomic E-state index is 15.9. The largest absolute Gasteiger partial charge is 0.481 e. The van der Waals surface area contributed by atoms with Crippen molar-refractivity contribution < 1.29 is 27.8 Å². The number of benzene rings is 3. The third-order valence-electron chi connectivity index (χ3n) is 8.67. The molecule has 0 radical (unpaired) electrons. The Morgan fingerprint density at radius 2 is 1.96 bits per heavy atom. The number of carboxylic acid groups (broad SMARTS) is 1. The second-order valence-corrected chi connectivity index (χ2v) is 11.8. The van der Waals surface area contributed by atoms with E-state index in [0.29, 0.717) is 40.7 Å². The normalized spacial score (nSPS) is 15.3. The molecule has 240 valence electrons. The van der Waals surface area contributed by atoms with Gasteiger partial charge in [-0.15, -0.1) is 5.10 Å². The van der Waals surface area contributed by atoms with Crippen LogP contribution in [-0.4, -0.2) is 41.0 Å². The molecule has 3 aromatic heterocycles. The summed E-state index contributed by atoms with van der Waals surface area (Å²) < 4.78 is 54.5. The summed E-state index contributed by atoms with van der Waals surface area (Å²) in [5.74, 6) is -2.67. The van der Waals surface area contributed by atoms with Gasteiger partial charge in [-0.25, -0.2) is 22.8 Å².